The van der Waals surface area contributed by atoms with Crippen LogP contribution >= 0.6 is 15.9 Å². The third-order valence-corrected chi connectivity index (χ3v) is 6.17. The molecule has 0 amide bonds. The van der Waals surface area contributed by atoms with E-state index in [1.54, 1.807) is 6.20 Å². The second-order valence-electron chi connectivity index (χ2n) is 7.06. The number of carbonyl (C=O) groups is 1. The number of benzene rings is 1. The smallest absolute Gasteiger partial charge is 0.362 e. The van der Waals surface area contributed by atoms with E-state index < -0.39 is 35.9 Å². The van der Waals surface area contributed by atoms with Gasteiger partial charge in [-0.2, -0.15) is 23.4 Å². The van der Waals surface area contributed by atoms with E-state index in [4.69, 9.17) is 0 Å². The Hall–Kier alpha value is -1.96. The summed E-state index contributed by atoms with van der Waals surface area (Å²) in [6.45, 7) is 1.94. The number of fused-ring (bicyclic) bond motifs is 1. The maximum Gasteiger partial charge on any atom is 0.392 e. The van der Waals surface area contributed by atoms with Gasteiger partial charge in [0, 0.05) is 27.7 Å². The molecule has 142 valence electrons. The first kappa shape index (κ1) is 18.4. The number of rotatable bonds is 2. The fourth-order valence-electron chi connectivity index (χ4n) is 4.48. The quantitative estimate of drug-likeness (QED) is 0.690. The zero-order chi connectivity index (χ0) is 19.4. The van der Waals surface area contributed by atoms with Crippen LogP contribution in [0.5, 0.6) is 0 Å². The van der Waals surface area contributed by atoms with Crippen molar-refractivity contribution < 1.29 is 18.0 Å². The Morgan fingerprint density at radius 3 is 2.78 bits per heavy atom. The van der Waals surface area contributed by atoms with Gasteiger partial charge in [-0.3, -0.25) is 4.79 Å². The maximum absolute atomic E-state index is 13.3. The predicted molar refractivity (Wildman–Crippen MR) is 96.8 cm³/mol. The molecule has 1 aromatic carbocycles. The van der Waals surface area contributed by atoms with Crippen molar-refractivity contribution in [1.82, 2.24) is 5.32 Å². The Bertz CT molecular complexity index is 906. The van der Waals surface area contributed by atoms with Gasteiger partial charge in [0.2, 0.25) is 0 Å². The molecular formula is C19H17BrF3N3O. The number of hydrogen-bond donors (Lipinski definition) is 1. The number of carbonyl (C=O) groups excluding carboxylic acids is 1. The summed E-state index contributed by atoms with van der Waals surface area (Å²) in [6.07, 6.45) is -3.55. The van der Waals surface area contributed by atoms with Gasteiger partial charge in [-0.1, -0.05) is 35.0 Å². The third-order valence-electron chi connectivity index (χ3n) is 5.68. The molecule has 0 spiro atoms. The molecule has 3 aliphatic rings. The van der Waals surface area contributed by atoms with Crippen LogP contribution in [0, 0.1) is 5.92 Å². The highest BCUT2D eigenvalue weighted by molar-refractivity contribution is 9.10. The number of hydrogen-bond acceptors (Lipinski definition) is 4. The number of nitrogens with zero attached hydrogens (tertiary/aromatic N) is 2. The summed E-state index contributed by atoms with van der Waals surface area (Å²) in [4.78, 5) is 13.0. The predicted octanol–water partition coefficient (Wildman–Crippen LogP) is 5.17. The van der Waals surface area contributed by atoms with E-state index in [9.17, 15) is 18.0 Å². The van der Waals surface area contributed by atoms with Gasteiger partial charge in [0.25, 0.3) is 0 Å². The third kappa shape index (κ3) is 2.76. The molecule has 1 aliphatic carbocycles. The lowest BCUT2D eigenvalue weighted by Gasteiger charge is -2.46. The Morgan fingerprint density at radius 2 is 2.11 bits per heavy atom. The van der Waals surface area contributed by atoms with E-state index >= 15 is 0 Å². The van der Waals surface area contributed by atoms with Gasteiger partial charge in [-0.15, -0.1) is 0 Å². The molecule has 4 rings (SSSR count). The first-order valence-electron chi connectivity index (χ1n) is 8.74. The van der Waals surface area contributed by atoms with Crippen molar-refractivity contribution in [3.63, 3.8) is 0 Å². The molecule has 1 N–H and O–H groups in total. The summed E-state index contributed by atoms with van der Waals surface area (Å²) in [5.74, 6) is -2.13. The number of Topliss-reactive ketones (excluding diaryl/α,β-unsaturated/α-hetero) is 1. The molecule has 3 atom stereocenters. The highest BCUT2D eigenvalue weighted by atomic mass is 79.9. The van der Waals surface area contributed by atoms with E-state index in [1.807, 2.05) is 31.2 Å². The summed E-state index contributed by atoms with van der Waals surface area (Å²) >= 11 is 3.46. The summed E-state index contributed by atoms with van der Waals surface area (Å²) in [5, 5.41) is 11.2. The van der Waals surface area contributed by atoms with Crippen molar-refractivity contribution in [2.45, 2.75) is 43.9 Å². The normalized spacial score (nSPS) is 30.0. The molecule has 8 heteroatoms. The highest BCUT2D eigenvalue weighted by Crippen LogP contribution is 2.53. The monoisotopic (exact) mass is 439 g/mol. The van der Waals surface area contributed by atoms with Crippen LogP contribution in [0.1, 0.15) is 31.7 Å². The van der Waals surface area contributed by atoms with Crippen LogP contribution in [0.3, 0.4) is 0 Å². The van der Waals surface area contributed by atoms with Crippen molar-refractivity contribution in [3.8, 4) is 0 Å². The van der Waals surface area contributed by atoms with Crippen molar-refractivity contribution in [1.29, 1.82) is 0 Å². The lowest BCUT2D eigenvalue weighted by molar-refractivity contribution is -0.179. The summed E-state index contributed by atoms with van der Waals surface area (Å²) < 4.78 is 40.8. The van der Waals surface area contributed by atoms with E-state index in [0.29, 0.717) is 17.7 Å². The minimum atomic E-state index is -4.41. The van der Waals surface area contributed by atoms with Crippen molar-refractivity contribution >= 4 is 21.7 Å². The molecule has 0 radical (unpaired) electrons. The number of allylic oxidation sites excluding steroid dienone is 2. The fraction of sp³-hybridized carbons (Fsp3) is 0.421. The molecular weight excluding hydrogens is 423 g/mol. The van der Waals surface area contributed by atoms with Crippen LogP contribution in [0.4, 0.5) is 13.2 Å². The number of halogens is 4. The number of azo groups is 1. The lowest BCUT2D eigenvalue weighted by Crippen LogP contribution is -2.51. The molecule has 0 fully saturated rings. The van der Waals surface area contributed by atoms with Crippen LogP contribution in [-0.4, -0.2) is 18.1 Å². The van der Waals surface area contributed by atoms with Crippen LogP contribution in [-0.2, 0) is 10.2 Å². The summed E-state index contributed by atoms with van der Waals surface area (Å²) in [6, 6.07) is 7.56. The zero-order valence-electron chi connectivity index (χ0n) is 14.5. The molecule has 0 aromatic heterocycles. The largest absolute Gasteiger partial charge is 0.392 e. The average molecular weight is 440 g/mol. The van der Waals surface area contributed by atoms with Crippen molar-refractivity contribution in [3.05, 3.63) is 57.3 Å². The maximum atomic E-state index is 13.3. The molecule has 4 nitrogen and oxygen atoms in total. The van der Waals surface area contributed by atoms with Crippen LogP contribution < -0.4 is 5.32 Å². The van der Waals surface area contributed by atoms with Crippen molar-refractivity contribution in [2.75, 3.05) is 0 Å². The number of alkyl halides is 3. The van der Waals surface area contributed by atoms with Crippen molar-refractivity contribution in [2.24, 2.45) is 16.1 Å². The lowest BCUT2D eigenvalue weighted by atomic mass is 9.60. The molecule has 1 unspecified atom stereocenters. The molecule has 0 saturated heterocycles. The zero-order valence-corrected chi connectivity index (χ0v) is 16.1. The van der Waals surface area contributed by atoms with Gasteiger partial charge in [0.05, 0.1) is 17.5 Å². The molecule has 1 aromatic rings. The molecule has 27 heavy (non-hydrogen) atoms. The van der Waals surface area contributed by atoms with Gasteiger partial charge >= 0.3 is 6.18 Å². The summed E-state index contributed by atoms with van der Waals surface area (Å²) in [5.41, 5.74) is 1.61. The molecule has 2 heterocycles. The molecule has 0 saturated carbocycles. The Labute approximate surface area is 162 Å². The Balaban J connectivity index is 1.94. The van der Waals surface area contributed by atoms with Gasteiger partial charge in [0.15, 0.2) is 11.9 Å². The van der Waals surface area contributed by atoms with E-state index in [1.165, 1.54) is 0 Å². The Kier molecular flexibility index (Phi) is 4.29. The van der Waals surface area contributed by atoms with E-state index in [2.05, 4.69) is 31.5 Å². The van der Waals surface area contributed by atoms with Gasteiger partial charge in [0.1, 0.15) is 0 Å². The van der Waals surface area contributed by atoms with Crippen LogP contribution in [0.2, 0.25) is 0 Å². The topological polar surface area (TPSA) is 53.8 Å². The number of nitrogens with one attached hydrogen (secondary N) is 1. The highest BCUT2D eigenvalue weighted by Gasteiger charge is 2.54. The fourth-order valence-corrected chi connectivity index (χ4v) is 4.88. The average Bonchev–Trinajstić information content (AvgIpc) is 3.07. The van der Waals surface area contributed by atoms with E-state index in [-0.39, 0.29) is 6.42 Å². The second-order valence-corrected chi connectivity index (χ2v) is 7.97. The minimum Gasteiger partial charge on any atom is -0.362 e. The minimum absolute atomic E-state index is 0.236. The van der Waals surface area contributed by atoms with Gasteiger partial charge in [-0.05, 0) is 30.5 Å². The van der Waals surface area contributed by atoms with Gasteiger partial charge in [-0.25, -0.2) is 0 Å². The SMILES string of the molecule is CC[C@@]1(c2cccc(Br)c2)C2=CN=NC2NC2=C1C(=O)C[C@@H](C(F)(F)F)C2. The Morgan fingerprint density at radius 1 is 1.33 bits per heavy atom. The first-order valence-corrected chi connectivity index (χ1v) is 9.53. The first-order chi connectivity index (χ1) is 12.8. The van der Waals surface area contributed by atoms with Crippen LogP contribution in [0.25, 0.3) is 0 Å². The summed E-state index contributed by atoms with van der Waals surface area (Å²) in [7, 11) is 0. The molecule has 2 aliphatic heterocycles. The van der Waals surface area contributed by atoms with Crippen LogP contribution in [0.15, 0.2) is 62.0 Å². The standard InChI is InChI=1S/C19H17BrF3N3O/c1-2-18(10-4-3-5-12(20)6-10)13-9-24-26-17(13)25-14-7-11(19(21,22)23)8-15(27)16(14)18/h3-6,9,11,17,25H,2,7-8H2,1H3/t11-,17?,18+/m0/s1. The van der Waals surface area contributed by atoms with E-state index in [0.717, 1.165) is 15.6 Å². The molecule has 0 bridgehead atoms. The van der Waals surface area contributed by atoms with Gasteiger partial charge < -0.3 is 5.32 Å². The second kappa shape index (κ2) is 6.29. The number of ketones is 1.